The topological polar surface area (TPSA) is 111 Å². The van der Waals surface area contributed by atoms with Crippen LogP contribution in [-0.4, -0.2) is 43.4 Å². The molecule has 0 saturated carbocycles. The van der Waals surface area contributed by atoms with Crippen molar-refractivity contribution in [1.82, 2.24) is 4.98 Å². The molecule has 40 heavy (non-hydrogen) atoms. The summed E-state index contributed by atoms with van der Waals surface area (Å²) in [6.45, 7) is 2.02. The molecule has 3 aromatic carbocycles. The highest BCUT2D eigenvalue weighted by molar-refractivity contribution is 8.00. The third kappa shape index (κ3) is 6.60. The van der Waals surface area contributed by atoms with Crippen molar-refractivity contribution in [2.24, 2.45) is 0 Å². The molecule has 0 saturated heterocycles. The minimum Gasteiger partial charge on any atom is -0.493 e. The molecular weight excluding hydrogens is 526 g/mol. The molecule has 202 valence electrons. The lowest BCUT2D eigenvalue weighted by Gasteiger charge is -2.14. The van der Waals surface area contributed by atoms with Crippen molar-refractivity contribution in [2.45, 2.75) is 11.9 Å². The number of carbonyl (C=O) groups is 2. The maximum atomic E-state index is 12.8. The molecule has 4 rings (SSSR count). The van der Waals surface area contributed by atoms with Crippen molar-refractivity contribution in [2.75, 3.05) is 31.9 Å². The van der Waals surface area contributed by atoms with E-state index < -0.39 is 5.97 Å². The summed E-state index contributed by atoms with van der Waals surface area (Å²) in [5.74, 6) is 0.422. The Bertz CT molecular complexity index is 1550. The van der Waals surface area contributed by atoms with Gasteiger partial charge in [-0.25, -0.2) is 9.78 Å². The maximum absolute atomic E-state index is 12.8. The first-order valence-electron chi connectivity index (χ1n) is 12.4. The molecule has 1 aromatic heterocycles. The van der Waals surface area contributed by atoms with Crippen LogP contribution in [0.25, 0.3) is 22.4 Å². The largest absolute Gasteiger partial charge is 0.493 e. The number of hydrogen-bond acceptors (Lipinski definition) is 8. The van der Waals surface area contributed by atoms with Crippen LogP contribution in [0.2, 0.25) is 0 Å². The van der Waals surface area contributed by atoms with Crippen LogP contribution in [0.1, 0.15) is 22.8 Å². The van der Waals surface area contributed by atoms with Crippen LogP contribution in [0.5, 0.6) is 11.5 Å². The van der Waals surface area contributed by atoms with Crippen molar-refractivity contribution >= 4 is 29.3 Å². The zero-order valence-corrected chi connectivity index (χ0v) is 23.1. The Morgan fingerprint density at radius 1 is 0.925 bits per heavy atom. The van der Waals surface area contributed by atoms with Gasteiger partial charge in [0.25, 0.3) is 0 Å². The average Bonchev–Trinajstić information content (AvgIpc) is 3.00. The Hall–Kier alpha value is -4.81. The van der Waals surface area contributed by atoms with Gasteiger partial charge in [0.1, 0.15) is 11.1 Å². The van der Waals surface area contributed by atoms with Crippen molar-refractivity contribution in [1.29, 1.82) is 5.26 Å². The number of nitriles is 1. The number of nitrogens with one attached hydrogen (secondary N) is 1. The highest BCUT2D eigenvalue weighted by atomic mass is 32.2. The van der Waals surface area contributed by atoms with Gasteiger partial charge in [0.2, 0.25) is 5.91 Å². The molecule has 1 heterocycles. The average molecular weight is 554 g/mol. The van der Waals surface area contributed by atoms with Gasteiger partial charge in [-0.2, -0.15) is 5.26 Å². The van der Waals surface area contributed by atoms with E-state index in [-0.39, 0.29) is 18.3 Å². The number of nitrogens with zero attached hydrogens (tertiary/aromatic N) is 2. The summed E-state index contributed by atoms with van der Waals surface area (Å²) in [5.41, 5.74) is 4.25. The first-order chi connectivity index (χ1) is 19.5. The number of amides is 1. The number of benzene rings is 3. The molecule has 4 aromatic rings. The van der Waals surface area contributed by atoms with Gasteiger partial charge < -0.3 is 19.5 Å². The summed E-state index contributed by atoms with van der Waals surface area (Å²) < 4.78 is 15.8. The summed E-state index contributed by atoms with van der Waals surface area (Å²) >= 11 is 1.17. The lowest BCUT2D eigenvalue weighted by Crippen LogP contribution is -2.14. The molecule has 0 spiro atoms. The number of aromatic nitrogens is 1. The molecule has 0 unspecified atom stereocenters. The predicted molar refractivity (Wildman–Crippen MR) is 155 cm³/mol. The van der Waals surface area contributed by atoms with E-state index in [2.05, 4.69) is 11.4 Å². The van der Waals surface area contributed by atoms with E-state index in [4.69, 9.17) is 19.2 Å². The van der Waals surface area contributed by atoms with Gasteiger partial charge in [-0.15, -0.1) is 0 Å². The zero-order valence-electron chi connectivity index (χ0n) is 22.3. The lowest BCUT2D eigenvalue weighted by atomic mass is 9.99. The van der Waals surface area contributed by atoms with Crippen molar-refractivity contribution in [3.8, 4) is 40.0 Å². The van der Waals surface area contributed by atoms with E-state index in [0.717, 1.165) is 11.1 Å². The number of anilines is 1. The van der Waals surface area contributed by atoms with Crippen LogP contribution in [0.15, 0.2) is 83.9 Å². The number of thioether (sulfide) groups is 1. The number of pyridine rings is 1. The fraction of sp³-hybridized carbons (Fsp3) is 0.161. The molecule has 1 N–H and O–H groups in total. The van der Waals surface area contributed by atoms with Crippen LogP contribution in [-0.2, 0) is 9.53 Å². The van der Waals surface area contributed by atoms with Gasteiger partial charge in [0.15, 0.2) is 11.5 Å². The number of rotatable bonds is 10. The number of esters is 1. The Balaban J connectivity index is 1.63. The van der Waals surface area contributed by atoms with Gasteiger partial charge in [-0.05, 0) is 55.0 Å². The second-order valence-corrected chi connectivity index (χ2v) is 9.38. The molecule has 9 heteroatoms. The Labute approximate surface area is 236 Å². The minimum atomic E-state index is -0.422. The zero-order chi connectivity index (χ0) is 28.5. The summed E-state index contributed by atoms with van der Waals surface area (Å²) in [6.07, 6.45) is 0. The molecule has 0 fully saturated rings. The van der Waals surface area contributed by atoms with Gasteiger partial charge in [0, 0.05) is 16.8 Å². The number of hydrogen-bond donors (Lipinski definition) is 1. The maximum Gasteiger partial charge on any atom is 0.338 e. The molecule has 0 radical (unpaired) electrons. The monoisotopic (exact) mass is 553 g/mol. The summed E-state index contributed by atoms with van der Waals surface area (Å²) in [4.78, 5) is 29.4. The van der Waals surface area contributed by atoms with Crippen molar-refractivity contribution in [3.05, 3.63) is 90.0 Å². The Morgan fingerprint density at radius 2 is 1.65 bits per heavy atom. The summed E-state index contributed by atoms with van der Waals surface area (Å²) in [6, 6.07) is 25.7. The predicted octanol–water partition coefficient (Wildman–Crippen LogP) is 6.21. The second kappa shape index (κ2) is 13.3. The number of carbonyl (C=O) groups excluding carboxylic acids is 2. The van der Waals surface area contributed by atoms with E-state index >= 15 is 0 Å². The van der Waals surface area contributed by atoms with Crippen LogP contribution < -0.4 is 14.8 Å². The lowest BCUT2D eigenvalue weighted by molar-refractivity contribution is -0.113. The quantitative estimate of drug-likeness (QED) is 0.182. The molecule has 0 aliphatic heterocycles. The molecule has 0 aliphatic carbocycles. The van der Waals surface area contributed by atoms with Crippen LogP contribution in [0, 0.1) is 11.3 Å². The molecule has 1 amide bonds. The Morgan fingerprint density at radius 3 is 2.30 bits per heavy atom. The smallest absolute Gasteiger partial charge is 0.338 e. The van der Waals surface area contributed by atoms with E-state index in [1.165, 1.54) is 11.8 Å². The van der Waals surface area contributed by atoms with Gasteiger partial charge in [-0.1, -0.05) is 48.2 Å². The minimum absolute atomic E-state index is 0.0188. The highest BCUT2D eigenvalue weighted by Crippen LogP contribution is 2.38. The SMILES string of the molecule is CCOC(=O)c1ccc(NC(=O)CSc2nc(-c3ccccc3)cc(-c3ccc(OC)c(OC)c3)c2C#N)cc1. The van der Waals surface area contributed by atoms with Gasteiger partial charge in [0.05, 0.1) is 43.4 Å². The fourth-order valence-electron chi connectivity index (χ4n) is 3.96. The number of methoxy groups -OCH3 is 2. The number of ether oxygens (including phenoxy) is 3. The second-order valence-electron chi connectivity index (χ2n) is 8.42. The van der Waals surface area contributed by atoms with E-state index in [1.807, 2.05) is 48.5 Å². The van der Waals surface area contributed by atoms with Crippen molar-refractivity contribution in [3.63, 3.8) is 0 Å². The van der Waals surface area contributed by atoms with Crippen LogP contribution >= 0.6 is 11.8 Å². The normalized spacial score (nSPS) is 10.3. The third-order valence-electron chi connectivity index (χ3n) is 5.88. The molecular formula is C31H27N3O5S. The van der Waals surface area contributed by atoms with Crippen LogP contribution in [0.4, 0.5) is 5.69 Å². The van der Waals surface area contributed by atoms with E-state index in [9.17, 15) is 14.9 Å². The molecule has 8 nitrogen and oxygen atoms in total. The first kappa shape index (κ1) is 28.2. The standard InChI is InChI=1S/C31H27N3O5S/c1-4-39-31(36)21-10-13-23(14-11-21)33-29(35)19-40-30-25(18-32)24(17-26(34-30)20-8-6-5-7-9-20)22-12-15-27(37-2)28(16-22)38-3/h5-17H,4,19H2,1-3H3,(H,33,35). The Kier molecular flexibility index (Phi) is 9.39. The molecule has 0 bridgehead atoms. The van der Waals surface area contributed by atoms with Crippen LogP contribution in [0.3, 0.4) is 0 Å². The molecule has 0 aliphatic rings. The third-order valence-corrected chi connectivity index (χ3v) is 6.86. The van der Waals surface area contributed by atoms with E-state index in [0.29, 0.717) is 44.6 Å². The van der Waals surface area contributed by atoms with E-state index in [1.54, 1.807) is 51.5 Å². The first-order valence-corrected chi connectivity index (χ1v) is 13.4. The molecule has 0 atom stereocenters. The summed E-state index contributed by atoms with van der Waals surface area (Å²) in [7, 11) is 3.12. The fourth-order valence-corrected chi connectivity index (χ4v) is 4.76. The summed E-state index contributed by atoms with van der Waals surface area (Å²) in [5, 5.41) is 13.4. The van der Waals surface area contributed by atoms with Gasteiger partial charge in [-0.3, -0.25) is 4.79 Å². The van der Waals surface area contributed by atoms with Gasteiger partial charge >= 0.3 is 5.97 Å². The van der Waals surface area contributed by atoms with Crippen molar-refractivity contribution < 1.29 is 23.8 Å². The highest BCUT2D eigenvalue weighted by Gasteiger charge is 2.18.